The highest BCUT2D eigenvalue weighted by Gasteiger charge is 2.25. The van der Waals surface area contributed by atoms with E-state index < -0.39 is 38.4 Å². The minimum atomic E-state index is -4.16. The number of para-hydroxylation sites is 1. The fraction of sp³-hybridized carbons (Fsp3) is 0.108. The van der Waals surface area contributed by atoms with Gasteiger partial charge in [-0.15, -0.1) is 0 Å². The Balaban J connectivity index is 1.22. The Morgan fingerprint density at radius 3 is 2.02 bits per heavy atom. The average molecular weight is 620 g/mol. The van der Waals surface area contributed by atoms with Crippen LogP contribution in [0, 0.1) is 5.82 Å². The average Bonchev–Trinajstić information content (AvgIpc) is 3.41. The Morgan fingerprint density at radius 2 is 1.36 bits per heavy atom. The van der Waals surface area contributed by atoms with Crippen LogP contribution in [0.2, 0.25) is 0 Å². The van der Waals surface area contributed by atoms with Gasteiger partial charge in [-0.05, 0) is 52.4 Å². The van der Waals surface area contributed by atoms with E-state index in [1.807, 2.05) is 72.8 Å². The lowest BCUT2D eigenvalue weighted by Crippen LogP contribution is -2.41. The minimum Gasteiger partial charge on any atom is -0.480 e. The van der Waals surface area contributed by atoms with Crippen LogP contribution in [0.4, 0.5) is 4.39 Å². The first-order valence-corrected chi connectivity index (χ1v) is 16.1. The van der Waals surface area contributed by atoms with E-state index in [2.05, 4.69) is 17.4 Å². The number of carboxylic acid groups (broad SMARTS) is 1. The highest BCUT2D eigenvalue weighted by atomic mass is 32.2. The maximum absolute atomic E-state index is 15.3. The standard InChI is InChI=1S/C37H30FNO5S/c38-31-23-29(19-20-35(31)45(42,43)24-39-32(37(40)41)21-25-9-3-1-4-10-25)27-15-17-28(18-16-27)36-30-13-7-8-14-33(30)44-34(36)22-26-11-5-2-6-12-26/h1-20,23,32,39H,21-22,24H2,(H,40,41). The van der Waals surface area contributed by atoms with Gasteiger partial charge in [0.05, 0.1) is 0 Å². The summed E-state index contributed by atoms with van der Waals surface area (Å²) in [5, 5.41) is 13.2. The van der Waals surface area contributed by atoms with Gasteiger partial charge in [-0.3, -0.25) is 10.1 Å². The van der Waals surface area contributed by atoms with E-state index in [0.717, 1.165) is 39.0 Å². The Kier molecular flexibility index (Phi) is 8.60. The van der Waals surface area contributed by atoms with Gasteiger partial charge in [0, 0.05) is 17.4 Å². The van der Waals surface area contributed by atoms with E-state index in [9.17, 15) is 18.3 Å². The lowest BCUT2D eigenvalue weighted by molar-refractivity contribution is -0.139. The number of benzene rings is 5. The number of hydrogen-bond donors (Lipinski definition) is 2. The smallest absolute Gasteiger partial charge is 0.321 e. The molecule has 1 atom stereocenters. The Bertz CT molecular complexity index is 2060. The lowest BCUT2D eigenvalue weighted by atomic mass is 9.96. The molecule has 6 nitrogen and oxygen atoms in total. The number of rotatable bonds is 11. The van der Waals surface area contributed by atoms with Crippen LogP contribution in [0.25, 0.3) is 33.2 Å². The molecule has 0 saturated carbocycles. The molecule has 5 aromatic carbocycles. The summed E-state index contributed by atoms with van der Waals surface area (Å²) in [6.07, 6.45) is 0.716. The van der Waals surface area contributed by atoms with Crippen LogP contribution in [0.15, 0.2) is 137 Å². The van der Waals surface area contributed by atoms with E-state index >= 15 is 4.39 Å². The number of carbonyl (C=O) groups is 1. The van der Waals surface area contributed by atoms with Crippen LogP contribution < -0.4 is 5.32 Å². The van der Waals surface area contributed by atoms with Gasteiger partial charge in [-0.1, -0.05) is 109 Å². The number of halogens is 1. The number of carboxylic acids is 1. The Labute approximate surface area is 260 Å². The molecule has 1 unspecified atom stereocenters. The molecular formula is C37H30FNO5S. The first-order chi connectivity index (χ1) is 21.8. The van der Waals surface area contributed by atoms with Crippen molar-refractivity contribution in [2.45, 2.75) is 23.8 Å². The highest BCUT2D eigenvalue weighted by molar-refractivity contribution is 7.91. The zero-order valence-corrected chi connectivity index (χ0v) is 25.0. The van der Waals surface area contributed by atoms with Crippen molar-refractivity contribution in [3.05, 3.63) is 150 Å². The molecule has 1 aromatic heterocycles. The molecule has 0 bridgehead atoms. The predicted octanol–water partition coefficient (Wildman–Crippen LogP) is 7.51. The van der Waals surface area contributed by atoms with Gasteiger partial charge < -0.3 is 9.52 Å². The molecule has 1 heterocycles. The molecule has 0 fully saturated rings. The van der Waals surface area contributed by atoms with Crippen molar-refractivity contribution < 1.29 is 27.1 Å². The second kappa shape index (κ2) is 12.9. The first kappa shape index (κ1) is 30.0. The zero-order valence-electron chi connectivity index (χ0n) is 24.2. The van der Waals surface area contributed by atoms with Crippen molar-refractivity contribution in [2.75, 3.05) is 5.88 Å². The maximum atomic E-state index is 15.3. The largest absolute Gasteiger partial charge is 0.480 e. The monoisotopic (exact) mass is 619 g/mol. The number of nitrogens with one attached hydrogen (secondary N) is 1. The molecule has 0 saturated heterocycles. The van der Waals surface area contributed by atoms with Crippen molar-refractivity contribution in [3.63, 3.8) is 0 Å². The summed E-state index contributed by atoms with van der Waals surface area (Å²) in [5.41, 5.74) is 5.84. The zero-order chi connectivity index (χ0) is 31.4. The summed E-state index contributed by atoms with van der Waals surface area (Å²) in [4.78, 5) is 11.3. The summed E-state index contributed by atoms with van der Waals surface area (Å²) < 4.78 is 47.6. The third-order valence-electron chi connectivity index (χ3n) is 7.75. The van der Waals surface area contributed by atoms with Crippen LogP contribution >= 0.6 is 0 Å². The fourth-order valence-electron chi connectivity index (χ4n) is 5.46. The van der Waals surface area contributed by atoms with E-state index in [-0.39, 0.29) is 6.42 Å². The summed E-state index contributed by atoms with van der Waals surface area (Å²) in [6.45, 7) is 0. The summed E-state index contributed by atoms with van der Waals surface area (Å²) in [5.74, 6) is -1.97. The molecule has 0 radical (unpaired) electrons. The van der Waals surface area contributed by atoms with Gasteiger partial charge in [0.1, 0.15) is 34.0 Å². The van der Waals surface area contributed by atoms with Crippen LogP contribution in [-0.4, -0.2) is 31.4 Å². The van der Waals surface area contributed by atoms with Crippen molar-refractivity contribution in [1.82, 2.24) is 5.32 Å². The van der Waals surface area contributed by atoms with Gasteiger partial charge in [0.2, 0.25) is 0 Å². The van der Waals surface area contributed by atoms with Gasteiger partial charge in [-0.25, -0.2) is 12.8 Å². The number of sulfone groups is 1. The Hall–Kier alpha value is -5.05. The SMILES string of the molecule is O=C(O)C(Cc1ccccc1)NCS(=O)(=O)c1ccc(-c2ccc(-c3c(Cc4ccccc4)oc4ccccc34)cc2)cc1F. The minimum absolute atomic E-state index is 0.0888. The normalized spacial score (nSPS) is 12.3. The number of fused-ring (bicyclic) bond motifs is 1. The second-order valence-corrected chi connectivity index (χ2v) is 12.8. The summed E-state index contributed by atoms with van der Waals surface area (Å²) in [6, 6.07) is 37.3. The molecule has 2 N–H and O–H groups in total. The molecule has 0 amide bonds. The van der Waals surface area contributed by atoms with Crippen molar-refractivity contribution in [1.29, 1.82) is 0 Å². The lowest BCUT2D eigenvalue weighted by Gasteiger charge is -2.15. The van der Waals surface area contributed by atoms with Crippen molar-refractivity contribution >= 4 is 26.8 Å². The molecule has 0 aliphatic heterocycles. The van der Waals surface area contributed by atoms with Crippen LogP contribution in [-0.2, 0) is 27.5 Å². The quantitative estimate of drug-likeness (QED) is 0.156. The molecule has 6 rings (SSSR count). The molecule has 226 valence electrons. The Morgan fingerprint density at radius 1 is 0.756 bits per heavy atom. The van der Waals surface area contributed by atoms with Crippen molar-refractivity contribution in [2.24, 2.45) is 0 Å². The molecule has 0 spiro atoms. The third kappa shape index (κ3) is 6.72. The molecule has 45 heavy (non-hydrogen) atoms. The predicted molar refractivity (Wildman–Crippen MR) is 173 cm³/mol. The molecular weight excluding hydrogens is 589 g/mol. The number of furan rings is 1. The van der Waals surface area contributed by atoms with Gasteiger partial charge in [-0.2, -0.15) is 0 Å². The molecule has 0 aliphatic carbocycles. The fourth-order valence-corrected chi connectivity index (χ4v) is 6.67. The summed E-state index contributed by atoms with van der Waals surface area (Å²) in [7, 11) is -4.16. The van der Waals surface area contributed by atoms with E-state index in [4.69, 9.17) is 4.42 Å². The topological polar surface area (TPSA) is 96.6 Å². The number of hydrogen-bond acceptors (Lipinski definition) is 5. The third-order valence-corrected chi connectivity index (χ3v) is 9.30. The van der Waals surface area contributed by atoms with Crippen LogP contribution in [0.1, 0.15) is 16.9 Å². The van der Waals surface area contributed by atoms with Crippen molar-refractivity contribution in [3.8, 4) is 22.3 Å². The molecule has 8 heteroatoms. The maximum Gasteiger partial charge on any atom is 0.321 e. The second-order valence-electron chi connectivity index (χ2n) is 10.8. The van der Waals surface area contributed by atoms with Gasteiger partial charge in [0.25, 0.3) is 0 Å². The first-order valence-electron chi connectivity index (χ1n) is 14.5. The van der Waals surface area contributed by atoms with Gasteiger partial charge in [0.15, 0.2) is 9.84 Å². The molecule has 6 aromatic rings. The molecule has 0 aliphatic rings. The van der Waals surface area contributed by atoms with E-state index in [1.165, 1.54) is 12.1 Å². The van der Waals surface area contributed by atoms with E-state index in [0.29, 0.717) is 17.5 Å². The number of aliphatic carboxylic acids is 1. The van der Waals surface area contributed by atoms with Crippen LogP contribution in [0.5, 0.6) is 0 Å². The van der Waals surface area contributed by atoms with Crippen LogP contribution in [0.3, 0.4) is 0 Å². The highest BCUT2D eigenvalue weighted by Crippen LogP contribution is 2.37. The summed E-state index contributed by atoms with van der Waals surface area (Å²) >= 11 is 0. The van der Waals surface area contributed by atoms with Gasteiger partial charge >= 0.3 is 5.97 Å². The van der Waals surface area contributed by atoms with E-state index in [1.54, 1.807) is 30.3 Å².